The highest BCUT2D eigenvalue weighted by Crippen LogP contribution is 2.22. The van der Waals surface area contributed by atoms with Crippen LogP contribution in [-0.4, -0.2) is 29.0 Å². The van der Waals surface area contributed by atoms with E-state index >= 15 is 0 Å². The van der Waals surface area contributed by atoms with Gasteiger partial charge in [-0.1, -0.05) is 69.5 Å². The molecule has 1 saturated carbocycles. The topological polar surface area (TPSA) is 65.5 Å². The Morgan fingerprint density at radius 1 is 1.04 bits per heavy atom. The Labute approximate surface area is 144 Å². The fourth-order valence-corrected chi connectivity index (χ4v) is 3.93. The summed E-state index contributed by atoms with van der Waals surface area (Å²) in [6, 6.07) is 0.420. The largest absolute Gasteiger partial charge is 0.306 e. The van der Waals surface area contributed by atoms with Crippen molar-refractivity contribution in [3.63, 3.8) is 0 Å². The van der Waals surface area contributed by atoms with Gasteiger partial charge in [-0.25, -0.2) is 0 Å². The van der Waals surface area contributed by atoms with Crippen LogP contribution < -0.4 is 16.1 Å². The quantitative estimate of drug-likeness (QED) is 0.690. The summed E-state index contributed by atoms with van der Waals surface area (Å²) in [7, 11) is 0. The van der Waals surface area contributed by atoms with Gasteiger partial charge in [-0.15, -0.1) is 0 Å². The molecule has 2 rings (SSSR count). The molecule has 1 aliphatic carbocycles. The molecule has 0 spiro atoms. The standard InChI is InChI=1S/C17H32N4OS/c1-14-16(22)19-17(23-2,21-20-14)18-15-12-10-8-6-4-3-5-7-9-11-13-15/h15,18,21H,3-13H2,1-2H3,(H,19,22)/t17-/m0/s1. The molecule has 3 N–H and O–H groups in total. The SMILES string of the molecule is CS[C@]1(NC2CCCCCCCCCCC2)NN=C(C)C(=O)N1. The second-order valence-corrected chi connectivity index (χ2v) is 7.77. The predicted molar refractivity (Wildman–Crippen MR) is 98.3 cm³/mol. The number of thioether (sulfide) groups is 1. The van der Waals surface area contributed by atoms with Crippen molar-refractivity contribution in [2.75, 3.05) is 6.26 Å². The molecular formula is C17H32N4OS. The lowest BCUT2D eigenvalue weighted by atomic mass is 9.98. The molecule has 0 saturated heterocycles. The summed E-state index contributed by atoms with van der Waals surface area (Å²) in [5, 5.41) is 10.2. The van der Waals surface area contributed by atoms with Gasteiger partial charge in [0.25, 0.3) is 5.91 Å². The van der Waals surface area contributed by atoms with Crippen LogP contribution in [0.4, 0.5) is 0 Å². The van der Waals surface area contributed by atoms with Crippen LogP contribution in [0.2, 0.25) is 0 Å². The minimum Gasteiger partial charge on any atom is -0.306 e. The number of nitrogens with one attached hydrogen (secondary N) is 3. The maximum absolute atomic E-state index is 12.0. The van der Waals surface area contributed by atoms with E-state index in [0.29, 0.717) is 11.8 Å². The van der Waals surface area contributed by atoms with Crippen molar-refractivity contribution in [2.24, 2.45) is 5.10 Å². The summed E-state index contributed by atoms with van der Waals surface area (Å²) in [6.07, 6.45) is 16.4. The summed E-state index contributed by atoms with van der Waals surface area (Å²) in [6.45, 7) is 1.72. The zero-order valence-corrected chi connectivity index (χ0v) is 15.4. The third-order valence-corrected chi connectivity index (χ3v) is 5.74. The van der Waals surface area contributed by atoms with Gasteiger partial charge in [0.05, 0.1) is 0 Å². The number of rotatable bonds is 3. The Bertz CT molecular complexity index is 403. The highest BCUT2D eigenvalue weighted by Gasteiger charge is 2.36. The van der Waals surface area contributed by atoms with Gasteiger partial charge in [-0.2, -0.15) is 5.10 Å². The second-order valence-electron chi connectivity index (χ2n) is 6.75. The first kappa shape index (κ1) is 18.6. The molecule has 132 valence electrons. The van der Waals surface area contributed by atoms with Gasteiger partial charge in [0.15, 0.2) is 0 Å². The van der Waals surface area contributed by atoms with Crippen molar-refractivity contribution in [2.45, 2.75) is 88.7 Å². The van der Waals surface area contributed by atoms with Crippen molar-refractivity contribution < 1.29 is 4.79 Å². The number of hydrazone groups is 1. The van der Waals surface area contributed by atoms with E-state index in [1.54, 1.807) is 18.7 Å². The minimum absolute atomic E-state index is 0.0984. The fourth-order valence-electron chi connectivity index (χ4n) is 3.31. The van der Waals surface area contributed by atoms with Crippen molar-refractivity contribution in [1.29, 1.82) is 0 Å². The van der Waals surface area contributed by atoms with E-state index in [4.69, 9.17) is 0 Å². The number of nitrogens with zero attached hydrogens (tertiary/aromatic N) is 1. The van der Waals surface area contributed by atoms with Crippen LogP contribution in [0, 0.1) is 0 Å². The van der Waals surface area contributed by atoms with E-state index in [-0.39, 0.29) is 5.91 Å². The lowest BCUT2D eigenvalue weighted by Gasteiger charge is -2.39. The molecule has 1 fully saturated rings. The van der Waals surface area contributed by atoms with E-state index in [1.165, 1.54) is 70.6 Å². The Morgan fingerprint density at radius 3 is 2.04 bits per heavy atom. The number of amides is 1. The van der Waals surface area contributed by atoms with Gasteiger partial charge in [-0.05, 0) is 26.0 Å². The molecule has 1 atom stereocenters. The van der Waals surface area contributed by atoms with E-state index < -0.39 is 5.12 Å². The number of hydrogen-bond acceptors (Lipinski definition) is 5. The highest BCUT2D eigenvalue weighted by molar-refractivity contribution is 7.99. The van der Waals surface area contributed by atoms with Gasteiger partial charge in [-0.3, -0.25) is 15.5 Å². The predicted octanol–water partition coefficient (Wildman–Crippen LogP) is 3.32. The Kier molecular flexibility index (Phi) is 7.70. The molecular weight excluding hydrogens is 308 g/mol. The maximum Gasteiger partial charge on any atom is 0.270 e. The van der Waals surface area contributed by atoms with Crippen molar-refractivity contribution in [3.05, 3.63) is 0 Å². The van der Waals surface area contributed by atoms with E-state index in [9.17, 15) is 4.79 Å². The van der Waals surface area contributed by atoms with Crippen LogP contribution >= 0.6 is 11.8 Å². The van der Waals surface area contributed by atoms with Gasteiger partial charge in [0.2, 0.25) is 5.12 Å². The molecule has 1 aliphatic heterocycles. The molecule has 1 amide bonds. The third kappa shape index (κ3) is 5.99. The van der Waals surface area contributed by atoms with E-state index in [2.05, 4.69) is 21.2 Å². The van der Waals surface area contributed by atoms with Crippen molar-refractivity contribution in [3.8, 4) is 0 Å². The lowest BCUT2D eigenvalue weighted by molar-refractivity contribution is -0.117. The fraction of sp³-hybridized carbons (Fsp3) is 0.882. The average Bonchev–Trinajstić information content (AvgIpc) is 2.54. The molecule has 5 nitrogen and oxygen atoms in total. The first-order valence-electron chi connectivity index (χ1n) is 9.12. The van der Waals surface area contributed by atoms with Crippen LogP contribution in [0.1, 0.15) is 77.6 Å². The summed E-state index contributed by atoms with van der Waals surface area (Å²) in [4.78, 5) is 12.0. The van der Waals surface area contributed by atoms with Crippen LogP contribution in [0.15, 0.2) is 5.10 Å². The number of hydrogen-bond donors (Lipinski definition) is 3. The Balaban J connectivity index is 1.94. The summed E-state index contributed by atoms with van der Waals surface area (Å²) >= 11 is 1.56. The van der Waals surface area contributed by atoms with E-state index in [1.807, 2.05) is 6.26 Å². The molecule has 6 heteroatoms. The van der Waals surface area contributed by atoms with Crippen molar-refractivity contribution >= 4 is 23.4 Å². The molecule has 23 heavy (non-hydrogen) atoms. The van der Waals surface area contributed by atoms with Crippen LogP contribution in [0.25, 0.3) is 0 Å². The first-order valence-corrected chi connectivity index (χ1v) is 10.3. The molecule has 0 radical (unpaired) electrons. The number of carbonyl (C=O) groups is 1. The second kappa shape index (κ2) is 9.52. The maximum atomic E-state index is 12.0. The Morgan fingerprint density at radius 2 is 1.57 bits per heavy atom. The molecule has 0 unspecified atom stereocenters. The Hall–Kier alpha value is -0.750. The van der Waals surface area contributed by atoms with Gasteiger partial charge >= 0.3 is 0 Å². The average molecular weight is 341 g/mol. The van der Waals surface area contributed by atoms with Crippen molar-refractivity contribution in [1.82, 2.24) is 16.1 Å². The molecule has 2 aliphatic rings. The molecule has 1 heterocycles. The summed E-state index contributed by atoms with van der Waals surface area (Å²) in [5.41, 5.74) is 3.59. The lowest BCUT2D eigenvalue weighted by Crippen LogP contribution is -2.69. The van der Waals surface area contributed by atoms with Crippen LogP contribution in [0.5, 0.6) is 0 Å². The normalized spacial score (nSPS) is 28.8. The molecule has 0 bridgehead atoms. The smallest absolute Gasteiger partial charge is 0.270 e. The number of carbonyl (C=O) groups excluding carboxylic acids is 1. The summed E-state index contributed by atoms with van der Waals surface area (Å²) in [5.74, 6) is -0.0984. The first-order chi connectivity index (χ1) is 11.2. The minimum atomic E-state index is -0.668. The van der Waals surface area contributed by atoms with Gasteiger partial charge in [0.1, 0.15) is 5.71 Å². The molecule has 0 aromatic heterocycles. The summed E-state index contributed by atoms with van der Waals surface area (Å²) < 4.78 is 0. The van der Waals surface area contributed by atoms with Crippen LogP contribution in [-0.2, 0) is 4.79 Å². The van der Waals surface area contributed by atoms with Gasteiger partial charge < -0.3 is 5.32 Å². The van der Waals surface area contributed by atoms with E-state index in [0.717, 1.165) is 0 Å². The third-order valence-electron chi connectivity index (χ3n) is 4.82. The highest BCUT2D eigenvalue weighted by atomic mass is 32.2. The van der Waals surface area contributed by atoms with Crippen LogP contribution in [0.3, 0.4) is 0 Å². The zero-order chi connectivity index (χ0) is 16.5. The van der Waals surface area contributed by atoms with Gasteiger partial charge in [0, 0.05) is 6.04 Å². The zero-order valence-electron chi connectivity index (χ0n) is 14.6. The monoisotopic (exact) mass is 340 g/mol. The molecule has 0 aromatic rings. The molecule has 0 aromatic carbocycles.